The number of aromatic nitrogens is 2. The second-order valence-electron chi connectivity index (χ2n) is 6.01. The molecule has 146 valence electrons. The van der Waals surface area contributed by atoms with Gasteiger partial charge in [-0.2, -0.15) is 4.98 Å². The highest BCUT2D eigenvalue weighted by atomic mass is 32.2. The van der Waals surface area contributed by atoms with Crippen molar-refractivity contribution in [1.82, 2.24) is 15.5 Å². The number of thioether (sulfide) groups is 1. The van der Waals surface area contributed by atoms with E-state index < -0.39 is 0 Å². The molecule has 0 bridgehead atoms. The third-order valence-corrected chi connectivity index (χ3v) is 5.04. The largest absolute Gasteiger partial charge is 0.493 e. The molecule has 1 saturated heterocycles. The smallest absolute Gasteiger partial charge is 0.236 e. The Morgan fingerprint density at radius 2 is 2.19 bits per heavy atom. The number of nitrogens with one attached hydrogen (secondary N) is 1. The molecule has 1 fully saturated rings. The number of ether oxygens (including phenoxy) is 3. The van der Waals surface area contributed by atoms with E-state index in [0.717, 1.165) is 25.0 Å². The SMILES string of the molecule is COc1ccc(-c2noc(CSCC(=O)NC[C@@H]3CCCO3)n2)cc1OC. The predicted octanol–water partition coefficient (Wildman–Crippen LogP) is 2.28. The van der Waals surface area contributed by atoms with Crippen LogP contribution in [0.5, 0.6) is 11.5 Å². The van der Waals surface area contributed by atoms with Crippen molar-refractivity contribution in [2.45, 2.75) is 24.7 Å². The Bertz CT molecular complexity index is 761. The van der Waals surface area contributed by atoms with E-state index >= 15 is 0 Å². The minimum Gasteiger partial charge on any atom is -0.493 e. The van der Waals surface area contributed by atoms with Crippen molar-refractivity contribution >= 4 is 17.7 Å². The lowest BCUT2D eigenvalue weighted by molar-refractivity contribution is -0.119. The van der Waals surface area contributed by atoms with Crippen molar-refractivity contribution in [2.24, 2.45) is 0 Å². The van der Waals surface area contributed by atoms with Gasteiger partial charge in [0, 0.05) is 18.7 Å². The molecule has 0 spiro atoms. The lowest BCUT2D eigenvalue weighted by atomic mass is 10.2. The Labute approximate surface area is 161 Å². The van der Waals surface area contributed by atoms with E-state index in [0.29, 0.717) is 41.3 Å². The number of hydrogen-bond acceptors (Lipinski definition) is 8. The molecule has 2 heterocycles. The molecule has 8 nitrogen and oxygen atoms in total. The summed E-state index contributed by atoms with van der Waals surface area (Å²) in [6.45, 7) is 1.36. The second kappa shape index (κ2) is 9.61. The van der Waals surface area contributed by atoms with Gasteiger partial charge in [-0.1, -0.05) is 5.16 Å². The first-order chi connectivity index (χ1) is 13.2. The van der Waals surface area contributed by atoms with Crippen LogP contribution in [-0.4, -0.2) is 55.3 Å². The molecule has 1 atom stereocenters. The Morgan fingerprint density at radius 1 is 1.33 bits per heavy atom. The molecule has 1 N–H and O–H groups in total. The highest BCUT2D eigenvalue weighted by Crippen LogP contribution is 2.31. The van der Waals surface area contributed by atoms with Crippen LogP contribution in [0.15, 0.2) is 22.7 Å². The molecule has 0 saturated carbocycles. The number of amides is 1. The van der Waals surface area contributed by atoms with Crippen LogP contribution in [0.1, 0.15) is 18.7 Å². The quantitative estimate of drug-likeness (QED) is 0.693. The van der Waals surface area contributed by atoms with Gasteiger partial charge in [-0.25, -0.2) is 0 Å². The summed E-state index contributed by atoms with van der Waals surface area (Å²) in [6, 6.07) is 5.41. The summed E-state index contributed by atoms with van der Waals surface area (Å²) in [5.74, 6) is 2.95. The van der Waals surface area contributed by atoms with Gasteiger partial charge in [-0.05, 0) is 31.0 Å². The number of nitrogens with zero attached hydrogens (tertiary/aromatic N) is 2. The molecule has 9 heteroatoms. The fourth-order valence-electron chi connectivity index (χ4n) is 2.72. The zero-order chi connectivity index (χ0) is 19.1. The van der Waals surface area contributed by atoms with E-state index in [9.17, 15) is 4.79 Å². The summed E-state index contributed by atoms with van der Waals surface area (Å²) in [5, 5.41) is 6.88. The third-order valence-electron chi connectivity index (χ3n) is 4.12. The number of carbonyl (C=O) groups is 1. The minimum absolute atomic E-state index is 0.0184. The Kier molecular flexibility index (Phi) is 6.94. The molecular weight excluding hydrogens is 370 g/mol. The molecular formula is C18H23N3O5S. The highest BCUT2D eigenvalue weighted by Gasteiger charge is 2.16. The van der Waals surface area contributed by atoms with Gasteiger partial charge in [0.2, 0.25) is 17.6 Å². The van der Waals surface area contributed by atoms with E-state index in [1.807, 2.05) is 6.07 Å². The first-order valence-corrected chi connectivity index (χ1v) is 9.86. The molecule has 0 aliphatic carbocycles. The lowest BCUT2D eigenvalue weighted by Gasteiger charge is -2.10. The summed E-state index contributed by atoms with van der Waals surface area (Å²) >= 11 is 1.43. The van der Waals surface area contributed by atoms with Crippen molar-refractivity contribution in [3.05, 3.63) is 24.1 Å². The van der Waals surface area contributed by atoms with Crippen molar-refractivity contribution in [3.8, 4) is 22.9 Å². The van der Waals surface area contributed by atoms with Gasteiger partial charge in [-0.15, -0.1) is 11.8 Å². The fourth-order valence-corrected chi connectivity index (χ4v) is 3.40. The zero-order valence-electron chi connectivity index (χ0n) is 15.4. The first-order valence-electron chi connectivity index (χ1n) is 8.70. The molecule has 0 radical (unpaired) electrons. The van der Waals surface area contributed by atoms with E-state index in [-0.39, 0.29) is 12.0 Å². The average molecular weight is 393 g/mol. The Balaban J connectivity index is 1.47. The van der Waals surface area contributed by atoms with Crippen LogP contribution < -0.4 is 14.8 Å². The topological polar surface area (TPSA) is 95.7 Å². The van der Waals surface area contributed by atoms with Crippen LogP contribution in [0, 0.1) is 0 Å². The van der Waals surface area contributed by atoms with Crippen LogP contribution in [0.4, 0.5) is 0 Å². The minimum atomic E-state index is -0.0184. The number of carbonyl (C=O) groups excluding carboxylic acids is 1. The number of hydrogen-bond donors (Lipinski definition) is 1. The molecule has 1 aliphatic rings. The predicted molar refractivity (Wildman–Crippen MR) is 101 cm³/mol. The van der Waals surface area contributed by atoms with E-state index in [4.69, 9.17) is 18.7 Å². The molecule has 27 heavy (non-hydrogen) atoms. The maximum atomic E-state index is 11.9. The van der Waals surface area contributed by atoms with Gasteiger partial charge < -0.3 is 24.1 Å². The molecule has 2 aromatic rings. The van der Waals surface area contributed by atoms with Gasteiger partial charge in [-0.3, -0.25) is 4.79 Å². The lowest BCUT2D eigenvalue weighted by Crippen LogP contribution is -2.32. The monoisotopic (exact) mass is 393 g/mol. The number of benzene rings is 1. The van der Waals surface area contributed by atoms with E-state index in [1.165, 1.54) is 11.8 Å². The van der Waals surface area contributed by atoms with Gasteiger partial charge in [0.05, 0.1) is 31.8 Å². The van der Waals surface area contributed by atoms with Crippen LogP contribution in [0.3, 0.4) is 0 Å². The maximum absolute atomic E-state index is 11.9. The summed E-state index contributed by atoms with van der Waals surface area (Å²) in [4.78, 5) is 16.2. The maximum Gasteiger partial charge on any atom is 0.236 e. The van der Waals surface area contributed by atoms with Gasteiger partial charge >= 0.3 is 0 Å². The Hall–Kier alpha value is -2.26. The Morgan fingerprint density at radius 3 is 2.93 bits per heavy atom. The van der Waals surface area contributed by atoms with Crippen LogP contribution in [0.25, 0.3) is 11.4 Å². The van der Waals surface area contributed by atoms with Crippen molar-refractivity contribution < 1.29 is 23.5 Å². The number of methoxy groups -OCH3 is 2. The third kappa shape index (κ3) is 5.36. The van der Waals surface area contributed by atoms with Crippen LogP contribution >= 0.6 is 11.8 Å². The van der Waals surface area contributed by atoms with Crippen molar-refractivity contribution in [2.75, 3.05) is 33.1 Å². The number of rotatable bonds is 9. The molecule has 0 unspecified atom stereocenters. The van der Waals surface area contributed by atoms with Gasteiger partial charge in [0.25, 0.3) is 0 Å². The highest BCUT2D eigenvalue weighted by molar-refractivity contribution is 7.99. The molecule has 1 aromatic carbocycles. The molecule has 3 rings (SSSR count). The van der Waals surface area contributed by atoms with Crippen molar-refractivity contribution in [1.29, 1.82) is 0 Å². The van der Waals surface area contributed by atoms with E-state index in [1.54, 1.807) is 26.4 Å². The van der Waals surface area contributed by atoms with Crippen molar-refractivity contribution in [3.63, 3.8) is 0 Å². The van der Waals surface area contributed by atoms with Gasteiger partial charge in [0.1, 0.15) is 0 Å². The van der Waals surface area contributed by atoms with Crippen LogP contribution in [0.2, 0.25) is 0 Å². The van der Waals surface area contributed by atoms with Crippen LogP contribution in [-0.2, 0) is 15.3 Å². The molecule has 1 amide bonds. The fraction of sp³-hybridized carbons (Fsp3) is 0.500. The van der Waals surface area contributed by atoms with Gasteiger partial charge in [0.15, 0.2) is 11.5 Å². The first kappa shape index (κ1) is 19.5. The summed E-state index contributed by atoms with van der Waals surface area (Å²) in [6.07, 6.45) is 2.22. The summed E-state index contributed by atoms with van der Waals surface area (Å²) in [5.41, 5.74) is 0.766. The summed E-state index contributed by atoms with van der Waals surface area (Å²) < 4.78 is 21.3. The zero-order valence-corrected chi connectivity index (χ0v) is 16.2. The normalized spacial score (nSPS) is 16.3. The summed E-state index contributed by atoms with van der Waals surface area (Å²) in [7, 11) is 3.15. The molecule has 1 aliphatic heterocycles. The standard InChI is InChI=1S/C18H23N3O5S/c1-23-14-6-5-12(8-15(14)24-2)18-20-17(26-21-18)11-27-10-16(22)19-9-13-4-3-7-25-13/h5-6,8,13H,3-4,7,9-11H2,1-2H3,(H,19,22)/t13-/m0/s1. The second-order valence-corrected chi connectivity index (χ2v) is 7.00. The van der Waals surface area contributed by atoms with E-state index in [2.05, 4.69) is 15.5 Å². The molecule has 1 aromatic heterocycles. The average Bonchev–Trinajstić information content (AvgIpc) is 3.38.